The predicted molar refractivity (Wildman–Crippen MR) is 74.5 cm³/mol. The molecule has 0 saturated heterocycles. The molecule has 104 valence electrons. The summed E-state index contributed by atoms with van der Waals surface area (Å²) in [4.78, 5) is 11.2. The Labute approximate surface area is 114 Å². The Balaban J connectivity index is 1.95. The normalized spacial score (nSPS) is 16.7. The van der Waals surface area contributed by atoms with Crippen molar-refractivity contribution in [3.63, 3.8) is 0 Å². The zero-order chi connectivity index (χ0) is 13.5. The molecule has 1 aliphatic rings. The number of ether oxygens (including phenoxy) is 2. The molecule has 0 heterocycles. The van der Waals surface area contributed by atoms with Crippen LogP contribution in [0.25, 0.3) is 0 Å². The third-order valence-electron chi connectivity index (χ3n) is 3.67. The number of hydrogen-bond acceptors (Lipinski definition) is 3. The molecule has 2 rings (SSSR count). The van der Waals surface area contributed by atoms with Crippen molar-refractivity contribution >= 4 is 6.16 Å². The maximum atomic E-state index is 11.2. The Morgan fingerprint density at radius 2 is 1.74 bits per heavy atom. The Morgan fingerprint density at radius 3 is 2.32 bits per heavy atom. The van der Waals surface area contributed by atoms with E-state index >= 15 is 0 Å². The molecule has 1 aliphatic carbocycles. The summed E-state index contributed by atoms with van der Waals surface area (Å²) in [5.41, 5.74) is 1.36. The van der Waals surface area contributed by atoms with Crippen LogP contribution in [0.4, 0.5) is 4.79 Å². The lowest BCUT2D eigenvalue weighted by Crippen LogP contribution is -2.10. The summed E-state index contributed by atoms with van der Waals surface area (Å²) in [5.74, 6) is 1.22. The van der Waals surface area contributed by atoms with E-state index in [0.717, 1.165) is 0 Å². The van der Waals surface area contributed by atoms with Gasteiger partial charge in [-0.05, 0) is 43.4 Å². The van der Waals surface area contributed by atoms with Crippen molar-refractivity contribution < 1.29 is 14.3 Å². The summed E-state index contributed by atoms with van der Waals surface area (Å²) in [6, 6.07) is 7.86. The zero-order valence-corrected chi connectivity index (χ0v) is 11.6. The predicted octanol–water partition coefficient (Wildman–Crippen LogP) is 4.66. The Kier molecular flexibility index (Phi) is 5.25. The van der Waals surface area contributed by atoms with Crippen molar-refractivity contribution in [2.45, 2.75) is 51.4 Å². The second kappa shape index (κ2) is 7.17. The van der Waals surface area contributed by atoms with Crippen LogP contribution in [0, 0.1) is 0 Å². The third-order valence-corrected chi connectivity index (χ3v) is 3.67. The molecule has 0 bridgehead atoms. The first-order valence-electron chi connectivity index (χ1n) is 7.24. The molecule has 0 atom stereocenters. The van der Waals surface area contributed by atoms with E-state index in [2.05, 4.69) is 12.1 Å². The topological polar surface area (TPSA) is 35.5 Å². The molecular formula is C16H22O3. The van der Waals surface area contributed by atoms with Crippen molar-refractivity contribution in [1.29, 1.82) is 0 Å². The van der Waals surface area contributed by atoms with E-state index in [1.165, 1.54) is 44.1 Å². The monoisotopic (exact) mass is 262 g/mol. The fourth-order valence-corrected chi connectivity index (χ4v) is 2.66. The van der Waals surface area contributed by atoms with Gasteiger partial charge in [-0.25, -0.2) is 4.79 Å². The summed E-state index contributed by atoms with van der Waals surface area (Å²) in [6.07, 6.45) is 7.29. The second-order valence-electron chi connectivity index (χ2n) is 5.04. The summed E-state index contributed by atoms with van der Waals surface area (Å²) in [7, 11) is 0. The molecule has 19 heavy (non-hydrogen) atoms. The summed E-state index contributed by atoms with van der Waals surface area (Å²) in [6.45, 7) is 2.09. The minimum Gasteiger partial charge on any atom is -0.434 e. The quantitative estimate of drug-likeness (QED) is 0.451. The van der Waals surface area contributed by atoms with E-state index in [-0.39, 0.29) is 0 Å². The van der Waals surface area contributed by atoms with Crippen LogP contribution in [0.3, 0.4) is 0 Å². The molecule has 0 radical (unpaired) electrons. The number of benzene rings is 1. The first kappa shape index (κ1) is 13.9. The molecule has 0 amide bonds. The number of carbonyl (C=O) groups excluding carboxylic acids is 1. The van der Waals surface area contributed by atoms with Crippen molar-refractivity contribution in [3.05, 3.63) is 29.8 Å². The van der Waals surface area contributed by atoms with Crippen LogP contribution in [0.15, 0.2) is 24.3 Å². The van der Waals surface area contributed by atoms with E-state index in [1.807, 2.05) is 12.1 Å². The molecule has 0 spiro atoms. The molecule has 0 unspecified atom stereocenters. The van der Waals surface area contributed by atoms with Gasteiger partial charge in [0.15, 0.2) is 0 Å². The average Bonchev–Trinajstić information content (AvgIpc) is 2.69. The highest BCUT2D eigenvalue weighted by Gasteiger charge is 2.14. The van der Waals surface area contributed by atoms with Gasteiger partial charge in [-0.1, -0.05) is 37.8 Å². The fourth-order valence-electron chi connectivity index (χ4n) is 2.66. The van der Waals surface area contributed by atoms with Crippen molar-refractivity contribution in [3.8, 4) is 5.75 Å². The summed E-state index contributed by atoms with van der Waals surface area (Å²) < 4.78 is 9.81. The third kappa shape index (κ3) is 4.27. The molecule has 3 nitrogen and oxygen atoms in total. The second-order valence-corrected chi connectivity index (χ2v) is 5.04. The minimum atomic E-state index is -0.635. The molecular weight excluding hydrogens is 240 g/mol. The van der Waals surface area contributed by atoms with Crippen LogP contribution in [0.5, 0.6) is 5.75 Å². The van der Waals surface area contributed by atoms with Crippen LogP contribution in [-0.2, 0) is 4.74 Å². The maximum Gasteiger partial charge on any atom is 0.513 e. The van der Waals surface area contributed by atoms with Gasteiger partial charge in [0, 0.05) is 0 Å². The molecule has 1 fully saturated rings. The Morgan fingerprint density at radius 1 is 1.11 bits per heavy atom. The van der Waals surface area contributed by atoms with E-state index in [9.17, 15) is 4.79 Å². The highest BCUT2D eigenvalue weighted by atomic mass is 16.7. The van der Waals surface area contributed by atoms with Gasteiger partial charge < -0.3 is 9.47 Å². The fraction of sp³-hybridized carbons (Fsp3) is 0.562. The standard InChI is InChI=1S/C16H22O3/c1-2-18-16(17)19-15-11-9-14(10-12-15)13-7-5-3-4-6-8-13/h9-13H,2-8H2,1H3. The Hall–Kier alpha value is -1.51. The van der Waals surface area contributed by atoms with Gasteiger partial charge in [-0.15, -0.1) is 0 Å². The van der Waals surface area contributed by atoms with Gasteiger partial charge in [0.2, 0.25) is 0 Å². The lowest BCUT2D eigenvalue weighted by atomic mass is 9.92. The van der Waals surface area contributed by atoms with E-state index in [0.29, 0.717) is 18.3 Å². The van der Waals surface area contributed by atoms with Crippen LogP contribution in [0.1, 0.15) is 56.9 Å². The molecule has 1 saturated carbocycles. The van der Waals surface area contributed by atoms with E-state index in [1.54, 1.807) is 6.92 Å². The molecule has 0 aliphatic heterocycles. The summed E-state index contributed by atoms with van der Waals surface area (Å²) in [5, 5.41) is 0. The smallest absolute Gasteiger partial charge is 0.434 e. The summed E-state index contributed by atoms with van der Waals surface area (Å²) >= 11 is 0. The number of rotatable bonds is 3. The van der Waals surface area contributed by atoms with Gasteiger partial charge in [0.1, 0.15) is 5.75 Å². The van der Waals surface area contributed by atoms with Gasteiger partial charge in [-0.3, -0.25) is 0 Å². The molecule has 1 aromatic carbocycles. The van der Waals surface area contributed by atoms with Crippen LogP contribution in [-0.4, -0.2) is 12.8 Å². The van der Waals surface area contributed by atoms with Gasteiger partial charge in [-0.2, -0.15) is 0 Å². The molecule has 3 heteroatoms. The van der Waals surface area contributed by atoms with Crippen molar-refractivity contribution in [1.82, 2.24) is 0 Å². The average molecular weight is 262 g/mol. The highest BCUT2D eigenvalue weighted by molar-refractivity contribution is 5.63. The van der Waals surface area contributed by atoms with Gasteiger partial charge in [0.25, 0.3) is 0 Å². The minimum absolute atomic E-state index is 0.332. The lowest BCUT2D eigenvalue weighted by molar-refractivity contribution is 0.104. The largest absolute Gasteiger partial charge is 0.513 e. The van der Waals surface area contributed by atoms with Gasteiger partial charge >= 0.3 is 6.16 Å². The van der Waals surface area contributed by atoms with E-state index in [4.69, 9.17) is 9.47 Å². The highest BCUT2D eigenvalue weighted by Crippen LogP contribution is 2.32. The van der Waals surface area contributed by atoms with Crippen molar-refractivity contribution in [2.24, 2.45) is 0 Å². The number of carbonyl (C=O) groups is 1. The maximum absolute atomic E-state index is 11.2. The molecule has 0 aromatic heterocycles. The number of hydrogen-bond donors (Lipinski definition) is 0. The first-order chi connectivity index (χ1) is 9.29. The molecule has 0 N–H and O–H groups in total. The van der Waals surface area contributed by atoms with E-state index < -0.39 is 6.16 Å². The lowest BCUT2D eigenvalue weighted by Gasteiger charge is -2.14. The van der Waals surface area contributed by atoms with Crippen LogP contribution < -0.4 is 4.74 Å². The molecule has 1 aromatic rings. The van der Waals surface area contributed by atoms with Crippen molar-refractivity contribution in [2.75, 3.05) is 6.61 Å². The Bertz CT molecular complexity index is 389. The SMILES string of the molecule is CCOC(=O)Oc1ccc(C2CCCCCC2)cc1. The van der Waals surface area contributed by atoms with Crippen LogP contribution >= 0.6 is 0 Å². The first-order valence-corrected chi connectivity index (χ1v) is 7.24. The zero-order valence-electron chi connectivity index (χ0n) is 11.6. The van der Waals surface area contributed by atoms with Crippen LogP contribution in [0.2, 0.25) is 0 Å². The van der Waals surface area contributed by atoms with Gasteiger partial charge in [0.05, 0.1) is 6.61 Å².